The molecule has 3 aromatic rings. The van der Waals surface area contributed by atoms with Crippen LogP contribution < -0.4 is 25.6 Å². The minimum absolute atomic E-state index is 0.0624. The Morgan fingerprint density at radius 2 is 1.95 bits per heavy atom. The van der Waals surface area contributed by atoms with Gasteiger partial charge in [0.15, 0.2) is 0 Å². The van der Waals surface area contributed by atoms with Crippen LogP contribution in [0.3, 0.4) is 0 Å². The number of aryl methyl sites for hydroxylation is 1. The normalized spacial score (nSPS) is 24.3. The van der Waals surface area contributed by atoms with Crippen LogP contribution in [0.15, 0.2) is 65.8 Å². The molecule has 8 nitrogen and oxygen atoms in total. The Hall–Kier alpha value is -3.56. The summed E-state index contributed by atoms with van der Waals surface area (Å²) < 4.78 is 5.97. The molecule has 37 heavy (non-hydrogen) atoms. The number of piperidine rings is 1. The van der Waals surface area contributed by atoms with E-state index < -0.39 is 11.3 Å². The number of hydrogen-bond acceptors (Lipinski definition) is 6. The van der Waals surface area contributed by atoms with Gasteiger partial charge in [0.05, 0.1) is 17.4 Å². The van der Waals surface area contributed by atoms with Gasteiger partial charge in [0.2, 0.25) is 5.91 Å². The highest BCUT2D eigenvalue weighted by Gasteiger charge is 2.47. The summed E-state index contributed by atoms with van der Waals surface area (Å²) in [5, 5.41) is 10.0. The molecule has 1 fully saturated rings. The quantitative estimate of drug-likeness (QED) is 0.451. The predicted molar refractivity (Wildman–Crippen MR) is 144 cm³/mol. The highest BCUT2D eigenvalue weighted by molar-refractivity contribution is 8.01. The first-order valence-corrected chi connectivity index (χ1v) is 13.5. The molecule has 1 saturated heterocycles. The Labute approximate surface area is 220 Å². The smallest absolute Gasteiger partial charge is 0.327 e. The monoisotopic (exact) mass is 515 g/mol. The van der Waals surface area contributed by atoms with Crippen molar-refractivity contribution in [2.45, 2.75) is 55.1 Å². The number of rotatable bonds is 5. The van der Waals surface area contributed by atoms with Gasteiger partial charge in [0, 0.05) is 30.4 Å². The van der Waals surface area contributed by atoms with E-state index in [1.165, 1.54) is 11.8 Å². The molecule has 3 N–H and O–H groups in total. The minimum Gasteiger partial charge on any atom is -0.457 e. The maximum Gasteiger partial charge on any atom is 0.327 e. The number of benzene rings is 2. The fourth-order valence-electron chi connectivity index (χ4n) is 5.24. The van der Waals surface area contributed by atoms with Gasteiger partial charge in [-0.25, -0.2) is 9.78 Å². The number of para-hydroxylation sites is 1. The van der Waals surface area contributed by atoms with Crippen molar-refractivity contribution < 1.29 is 14.3 Å². The molecule has 0 aliphatic carbocycles. The molecule has 4 heterocycles. The summed E-state index contributed by atoms with van der Waals surface area (Å²) in [4.78, 5) is 33.0. The summed E-state index contributed by atoms with van der Waals surface area (Å²) in [7, 11) is 0. The van der Waals surface area contributed by atoms with Crippen LogP contribution in [-0.4, -0.2) is 40.8 Å². The van der Waals surface area contributed by atoms with Crippen LogP contribution in [0.4, 0.5) is 16.2 Å². The highest BCUT2D eigenvalue weighted by Crippen LogP contribution is 2.51. The molecule has 0 radical (unpaired) electrons. The lowest BCUT2D eigenvalue weighted by Gasteiger charge is -2.35. The number of aromatic nitrogens is 1. The number of thioether (sulfide) groups is 1. The molecule has 190 valence electrons. The summed E-state index contributed by atoms with van der Waals surface area (Å²) in [6, 6.07) is 17.0. The molecule has 3 aliphatic heterocycles. The van der Waals surface area contributed by atoms with Crippen LogP contribution in [0, 0.1) is 6.92 Å². The van der Waals surface area contributed by atoms with Gasteiger partial charge >= 0.3 is 6.03 Å². The summed E-state index contributed by atoms with van der Waals surface area (Å²) in [5.74, 6) is 1.38. The third-order valence-corrected chi connectivity index (χ3v) is 8.45. The van der Waals surface area contributed by atoms with Gasteiger partial charge in [-0.15, -0.1) is 0 Å². The molecule has 0 saturated carbocycles. The number of nitrogens with one attached hydrogen (secondary N) is 3. The lowest BCUT2D eigenvalue weighted by atomic mass is 9.98. The Morgan fingerprint density at radius 3 is 2.70 bits per heavy atom. The predicted octanol–water partition coefficient (Wildman–Crippen LogP) is 4.82. The second-order valence-corrected chi connectivity index (χ2v) is 10.9. The van der Waals surface area contributed by atoms with E-state index in [0.717, 1.165) is 52.7 Å². The van der Waals surface area contributed by atoms with Crippen LogP contribution in [0.1, 0.15) is 36.9 Å². The standard InChI is InChI=1S/C28H29N5O3S/c1-16-14-20(36-19-6-4-3-5-7-19)10-11-21(16)33-22-12-13-29-27-23(22)24(32-28(33)35)25(37-27)26(34)31-18-9-8-17(2)30-15-18/h3-7,10-14,17-18,24-25,30H,8-9,15H2,1-2H3,(H,31,34)(H,32,35)/t17-,18?,24?,25?/m1/s1. The number of carbonyl (C=O) groups is 2. The van der Waals surface area contributed by atoms with Gasteiger partial charge in [-0.2, -0.15) is 0 Å². The third-order valence-electron chi connectivity index (χ3n) is 7.16. The van der Waals surface area contributed by atoms with Crippen molar-refractivity contribution in [2.24, 2.45) is 0 Å². The third kappa shape index (κ3) is 4.53. The zero-order valence-corrected chi connectivity index (χ0v) is 21.5. The first-order valence-electron chi connectivity index (χ1n) is 12.6. The van der Waals surface area contributed by atoms with E-state index in [4.69, 9.17) is 4.74 Å². The van der Waals surface area contributed by atoms with Gasteiger partial charge in [-0.3, -0.25) is 9.69 Å². The average Bonchev–Trinajstić information content (AvgIpc) is 3.27. The molecule has 3 unspecified atom stereocenters. The van der Waals surface area contributed by atoms with Crippen LogP contribution in [-0.2, 0) is 4.79 Å². The Morgan fingerprint density at radius 1 is 1.11 bits per heavy atom. The van der Waals surface area contributed by atoms with Crippen molar-refractivity contribution in [3.05, 3.63) is 71.9 Å². The van der Waals surface area contributed by atoms with Gasteiger partial charge in [0.25, 0.3) is 0 Å². The van der Waals surface area contributed by atoms with E-state index in [9.17, 15) is 9.59 Å². The summed E-state index contributed by atoms with van der Waals surface area (Å²) >= 11 is 1.42. The van der Waals surface area contributed by atoms with Crippen LogP contribution in [0.5, 0.6) is 11.5 Å². The lowest BCUT2D eigenvalue weighted by Crippen LogP contribution is -2.53. The van der Waals surface area contributed by atoms with Crippen molar-refractivity contribution in [2.75, 3.05) is 11.4 Å². The molecular formula is C28H29N5O3S. The minimum atomic E-state index is -0.461. The average molecular weight is 516 g/mol. The van der Waals surface area contributed by atoms with Crippen molar-refractivity contribution >= 4 is 35.1 Å². The number of ether oxygens (including phenoxy) is 1. The van der Waals surface area contributed by atoms with E-state index in [1.54, 1.807) is 11.1 Å². The van der Waals surface area contributed by atoms with Crippen LogP contribution in [0.25, 0.3) is 0 Å². The Balaban J connectivity index is 1.25. The summed E-state index contributed by atoms with van der Waals surface area (Å²) in [6.07, 6.45) is 3.68. The summed E-state index contributed by atoms with van der Waals surface area (Å²) in [6.45, 7) is 4.87. The van der Waals surface area contributed by atoms with Crippen molar-refractivity contribution in [3.63, 3.8) is 0 Å². The molecule has 3 amide bonds. The zero-order valence-electron chi connectivity index (χ0n) is 20.7. The largest absolute Gasteiger partial charge is 0.457 e. The van der Waals surface area contributed by atoms with Crippen LogP contribution >= 0.6 is 11.8 Å². The topological polar surface area (TPSA) is 95.6 Å². The molecule has 1 aromatic heterocycles. The number of anilines is 2. The molecule has 2 aromatic carbocycles. The van der Waals surface area contributed by atoms with E-state index in [-0.39, 0.29) is 18.0 Å². The molecule has 0 bridgehead atoms. The molecule has 6 rings (SSSR count). The second kappa shape index (κ2) is 9.72. The van der Waals surface area contributed by atoms with Gasteiger partial charge in [-0.1, -0.05) is 30.0 Å². The lowest BCUT2D eigenvalue weighted by molar-refractivity contribution is -0.121. The Kier molecular flexibility index (Phi) is 6.26. The van der Waals surface area contributed by atoms with Crippen LogP contribution in [0.2, 0.25) is 0 Å². The van der Waals surface area contributed by atoms with Gasteiger partial charge < -0.3 is 20.7 Å². The van der Waals surface area contributed by atoms with Crippen molar-refractivity contribution in [1.29, 1.82) is 0 Å². The number of pyridine rings is 1. The molecule has 3 aliphatic rings. The maximum absolute atomic E-state index is 13.5. The molecular weight excluding hydrogens is 486 g/mol. The number of carbonyl (C=O) groups excluding carboxylic acids is 2. The first-order chi connectivity index (χ1) is 18.0. The highest BCUT2D eigenvalue weighted by atomic mass is 32.2. The fraction of sp³-hybridized carbons (Fsp3) is 0.321. The molecule has 4 atom stereocenters. The maximum atomic E-state index is 13.5. The van der Waals surface area contributed by atoms with Gasteiger partial charge in [0.1, 0.15) is 21.8 Å². The van der Waals surface area contributed by atoms with Crippen molar-refractivity contribution in [3.8, 4) is 11.5 Å². The second-order valence-electron chi connectivity index (χ2n) is 9.81. The molecule has 0 spiro atoms. The zero-order chi connectivity index (χ0) is 25.5. The number of nitrogens with zero attached hydrogens (tertiary/aromatic N) is 2. The Bertz CT molecular complexity index is 1340. The van der Waals surface area contributed by atoms with E-state index >= 15 is 0 Å². The van der Waals surface area contributed by atoms with E-state index in [0.29, 0.717) is 11.8 Å². The van der Waals surface area contributed by atoms with Crippen molar-refractivity contribution in [1.82, 2.24) is 20.9 Å². The number of hydrogen-bond donors (Lipinski definition) is 3. The number of amides is 3. The van der Waals surface area contributed by atoms with E-state index in [1.807, 2.05) is 61.5 Å². The first kappa shape index (κ1) is 23.8. The number of urea groups is 1. The van der Waals surface area contributed by atoms with E-state index in [2.05, 4.69) is 27.9 Å². The fourth-order valence-corrected chi connectivity index (χ4v) is 6.47. The molecule has 9 heteroatoms. The van der Waals surface area contributed by atoms with Gasteiger partial charge in [-0.05, 0) is 68.7 Å². The SMILES string of the molecule is Cc1cc(Oc2ccccc2)ccc1N1C(=O)NC2c3c1ccnc3SC2C(=O)NC1CC[C@@H](C)NC1. The summed E-state index contributed by atoms with van der Waals surface area (Å²) in [5.41, 5.74) is 3.30.